The van der Waals surface area contributed by atoms with Crippen molar-refractivity contribution in [1.82, 2.24) is 9.61 Å². The first-order chi connectivity index (χ1) is 5.29. The molecule has 0 N–H and O–H groups in total. The van der Waals surface area contributed by atoms with Crippen LogP contribution in [-0.4, -0.2) is 15.9 Å². The number of aryl methyl sites for hydroxylation is 1. The van der Waals surface area contributed by atoms with Gasteiger partial charge < -0.3 is 0 Å². The van der Waals surface area contributed by atoms with Gasteiger partial charge in [-0.2, -0.15) is 5.10 Å². The average Bonchev–Trinajstić information content (AvgIpc) is 2.43. The molecule has 0 unspecified atom stereocenters. The average molecular weight is 166 g/mol. The molecule has 0 aliphatic carbocycles. The summed E-state index contributed by atoms with van der Waals surface area (Å²) in [6.45, 7) is 1.93. The van der Waals surface area contributed by atoms with E-state index in [0.29, 0.717) is 4.88 Å². The van der Waals surface area contributed by atoms with Gasteiger partial charge in [-0.1, -0.05) is 0 Å². The van der Waals surface area contributed by atoms with Crippen LogP contribution in [-0.2, 0) is 0 Å². The van der Waals surface area contributed by atoms with Gasteiger partial charge in [-0.15, -0.1) is 11.3 Å². The second kappa shape index (κ2) is 2.17. The zero-order valence-corrected chi connectivity index (χ0v) is 6.76. The normalized spacial score (nSPS) is 10.6. The highest BCUT2D eigenvalue weighted by atomic mass is 32.1. The minimum Gasteiger partial charge on any atom is -0.297 e. The first-order valence-corrected chi connectivity index (χ1v) is 4.02. The van der Waals surface area contributed by atoms with Crippen molar-refractivity contribution in [3.05, 3.63) is 22.8 Å². The Morgan fingerprint density at radius 3 is 3.18 bits per heavy atom. The smallest absolute Gasteiger partial charge is 0.161 e. The highest BCUT2D eigenvalue weighted by Gasteiger charge is 2.01. The minimum atomic E-state index is 0.715. The van der Waals surface area contributed by atoms with Crippen LogP contribution in [0.2, 0.25) is 0 Å². The molecule has 2 rings (SSSR count). The Hall–Kier alpha value is -1.16. The summed E-state index contributed by atoms with van der Waals surface area (Å²) in [6, 6.07) is 1.96. The van der Waals surface area contributed by atoms with Gasteiger partial charge in [-0.05, 0) is 13.0 Å². The lowest BCUT2D eigenvalue weighted by atomic mass is 10.5. The minimum absolute atomic E-state index is 0.715. The lowest BCUT2D eigenvalue weighted by Gasteiger charge is -1.76. The quantitative estimate of drug-likeness (QED) is 0.602. The third-order valence-corrected chi connectivity index (χ3v) is 2.36. The summed E-state index contributed by atoms with van der Waals surface area (Å²) in [5.41, 5.74) is 0.980. The topological polar surface area (TPSA) is 34.4 Å². The van der Waals surface area contributed by atoms with Gasteiger partial charge in [0.1, 0.15) is 4.83 Å². The third kappa shape index (κ3) is 0.952. The van der Waals surface area contributed by atoms with E-state index in [-0.39, 0.29) is 0 Å². The lowest BCUT2D eigenvalue weighted by molar-refractivity contribution is 0.112. The molecule has 56 valence electrons. The number of carbonyl (C=O) groups is 1. The fourth-order valence-corrected chi connectivity index (χ4v) is 1.84. The molecule has 2 aromatic rings. The van der Waals surface area contributed by atoms with Gasteiger partial charge in [0.05, 0.1) is 16.8 Å². The van der Waals surface area contributed by atoms with E-state index in [9.17, 15) is 4.79 Å². The SMILES string of the molecule is Cc1cc2sc(C=O)cn2n1. The summed E-state index contributed by atoms with van der Waals surface area (Å²) >= 11 is 1.45. The second-order valence-electron chi connectivity index (χ2n) is 2.32. The summed E-state index contributed by atoms with van der Waals surface area (Å²) in [5.74, 6) is 0. The Labute approximate surface area is 67.3 Å². The Kier molecular flexibility index (Phi) is 1.29. The van der Waals surface area contributed by atoms with Gasteiger partial charge in [0.2, 0.25) is 0 Å². The second-order valence-corrected chi connectivity index (χ2v) is 3.41. The highest BCUT2D eigenvalue weighted by Crippen LogP contribution is 2.16. The van der Waals surface area contributed by atoms with Crippen molar-refractivity contribution >= 4 is 22.5 Å². The number of carbonyl (C=O) groups excluding carboxylic acids is 1. The number of aromatic nitrogens is 2. The van der Waals surface area contributed by atoms with Crippen molar-refractivity contribution in [1.29, 1.82) is 0 Å². The molecule has 2 heterocycles. The molecule has 11 heavy (non-hydrogen) atoms. The standard InChI is InChI=1S/C7H6N2OS/c1-5-2-7-9(8-5)3-6(4-10)11-7/h2-4H,1H3. The maximum Gasteiger partial charge on any atom is 0.161 e. The van der Waals surface area contributed by atoms with Gasteiger partial charge in [-0.3, -0.25) is 4.79 Å². The number of aldehydes is 1. The van der Waals surface area contributed by atoms with Crippen molar-refractivity contribution in [3.8, 4) is 0 Å². The van der Waals surface area contributed by atoms with Crippen LogP contribution in [0.4, 0.5) is 0 Å². The van der Waals surface area contributed by atoms with Gasteiger partial charge >= 0.3 is 0 Å². The zero-order valence-electron chi connectivity index (χ0n) is 5.94. The van der Waals surface area contributed by atoms with Crippen molar-refractivity contribution < 1.29 is 4.79 Å². The van der Waals surface area contributed by atoms with Crippen molar-refractivity contribution in [2.45, 2.75) is 6.92 Å². The van der Waals surface area contributed by atoms with Crippen LogP contribution in [0.3, 0.4) is 0 Å². The predicted molar refractivity (Wildman–Crippen MR) is 43.2 cm³/mol. The molecule has 2 aromatic heterocycles. The van der Waals surface area contributed by atoms with E-state index >= 15 is 0 Å². The van der Waals surface area contributed by atoms with E-state index in [2.05, 4.69) is 5.10 Å². The number of thiazole rings is 1. The van der Waals surface area contributed by atoms with Gasteiger partial charge in [-0.25, -0.2) is 4.52 Å². The Balaban J connectivity index is 2.72. The van der Waals surface area contributed by atoms with Crippen molar-refractivity contribution in [3.63, 3.8) is 0 Å². The molecule has 0 bridgehead atoms. The van der Waals surface area contributed by atoms with Gasteiger partial charge in [0.25, 0.3) is 0 Å². The van der Waals surface area contributed by atoms with E-state index in [1.54, 1.807) is 10.7 Å². The molecule has 3 nitrogen and oxygen atoms in total. The molecule has 4 heteroatoms. The Morgan fingerprint density at radius 2 is 2.55 bits per heavy atom. The molecular formula is C7H6N2OS. The summed E-state index contributed by atoms with van der Waals surface area (Å²) in [4.78, 5) is 12.1. The van der Waals surface area contributed by atoms with Crippen LogP contribution in [0.1, 0.15) is 15.4 Å². The van der Waals surface area contributed by atoms with Crippen LogP contribution < -0.4 is 0 Å². The molecule has 0 aliphatic heterocycles. The van der Waals surface area contributed by atoms with E-state index < -0.39 is 0 Å². The predicted octanol–water partition coefficient (Wildman–Crippen LogP) is 1.52. The molecule has 0 spiro atoms. The van der Waals surface area contributed by atoms with E-state index in [1.165, 1.54) is 11.3 Å². The summed E-state index contributed by atoms with van der Waals surface area (Å²) in [7, 11) is 0. The first-order valence-electron chi connectivity index (χ1n) is 3.20. The molecule has 0 aliphatic rings. The number of hydrogen-bond acceptors (Lipinski definition) is 3. The molecular weight excluding hydrogens is 160 g/mol. The van der Waals surface area contributed by atoms with E-state index in [0.717, 1.165) is 16.8 Å². The first kappa shape index (κ1) is 6.54. The van der Waals surface area contributed by atoms with Gasteiger partial charge in [0.15, 0.2) is 6.29 Å². The van der Waals surface area contributed by atoms with Crippen LogP contribution >= 0.6 is 11.3 Å². The molecule has 0 radical (unpaired) electrons. The maximum absolute atomic E-state index is 10.3. The van der Waals surface area contributed by atoms with Crippen LogP contribution in [0.15, 0.2) is 12.3 Å². The number of rotatable bonds is 1. The lowest BCUT2D eigenvalue weighted by Crippen LogP contribution is -1.80. The van der Waals surface area contributed by atoms with Gasteiger partial charge in [0, 0.05) is 0 Å². The fraction of sp³-hybridized carbons (Fsp3) is 0.143. The molecule has 0 aromatic carbocycles. The third-order valence-electron chi connectivity index (χ3n) is 1.41. The van der Waals surface area contributed by atoms with Crippen LogP contribution in [0.5, 0.6) is 0 Å². The number of fused-ring (bicyclic) bond motifs is 1. The summed E-state index contributed by atoms with van der Waals surface area (Å²) in [6.07, 6.45) is 2.58. The largest absolute Gasteiger partial charge is 0.297 e. The van der Waals surface area contributed by atoms with E-state index in [4.69, 9.17) is 0 Å². The molecule has 0 saturated carbocycles. The number of hydrogen-bond donors (Lipinski definition) is 0. The molecule has 0 amide bonds. The van der Waals surface area contributed by atoms with Crippen molar-refractivity contribution in [2.24, 2.45) is 0 Å². The summed E-state index contributed by atoms with van der Waals surface area (Å²) in [5, 5.41) is 4.15. The Bertz CT molecular complexity index is 370. The Morgan fingerprint density at radius 1 is 1.73 bits per heavy atom. The van der Waals surface area contributed by atoms with Crippen LogP contribution in [0, 0.1) is 6.92 Å². The van der Waals surface area contributed by atoms with E-state index in [1.807, 2.05) is 13.0 Å². The summed E-state index contributed by atoms with van der Waals surface area (Å²) < 4.78 is 1.73. The fourth-order valence-electron chi connectivity index (χ4n) is 0.984. The molecule has 0 saturated heterocycles. The van der Waals surface area contributed by atoms with Crippen molar-refractivity contribution in [2.75, 3.05) is 0 Å². The molecule has 0 atom stereocenters. The maximum atomic E-state index is 10.3. The number of nitrogens with zero attached hydrogens (tertiary/aromatic N) is 2. The highest BCUT2D eigenvalue weighted by molar-refractivity contribution is 7.18. The zero-order chi connectivity index (χ0) is 7.84. The molecule has 0 fully saturated rings. The van der Waals surface area contributed by atoms with Crippen LogP contribution in [0.25, 0.3) is 4.83 Å². The monoisotopic (exact) mass is 166 g/mol.